The quantitative estimate of drug-likeness (QED) is 0.783. The third kappa shape index (κ3) is 4.58. The topological polar surface area (TPSA) is 12.0 Å². The summed E-state index contributed by atoms with van der Waals surface area (Å²) in [5.41, 5.74) is 1.40. The van der Waals surface area contributed by atoms with Crippen molar-refractivity contribution in [2.45, 2.75) is 20.8 Å². The Bertz CT molecular complexity index is 273. The Morgan fingerprint density at radius 3 is 2.93 bits per heavy atom. The Labute approximate surface area is 90.9 Å². The van der Waals surface area contributed by atoms with Crippen LogP contribution in [0.4, 0.5) is 0 Å². The number of rotatable bonds is 5. The minimum atomic E-state index is 0.726. The highest BCUT2D eigenvalue weighted by Crippen LogP contribution is 2.12. The molecule has 0 fully saturated rings. The Morgan fingerprint density at radius 2 is 2.36 bits per heavy atom. The second-order valence-corrected chi connectivity index (χ2v) is 5.01. The number of hydrogen-bond acceptors (Lipinski definition) is 2. The molecule has 0 atom stereocenters. The van der Waals surface area contributed by atoms with Gasteiger partial charge in [0.15, 0.2) is 0 Å². The van der Waals surface area contributed by atoms with E-state index < -0.39 is 0 Å². The van der Waals surface area contributed by atoms with E-state index in [-0.39, 0.29) is 0 Å². The molecule has 1 rings (SSSR count). The molecule has 0 aromatic carbocycles. The highest BCUT2D eigenvalue weighted by atomic mass is 32.1. The third-order valence-corrected chi connectivity index (χ3v) is 2.71. The largest absolute Gasteiger partial charge is 0.313 e. The molecule has 14 heavy (non-hydrogen) atoms. The van der Waals surface area contributed by atoms with Gasteiger partial charge in [0.25, 0.3) is 0 Å². The van der Waals surface area contributed by atoms with Crippen molar-refractivity contribution in [3.8, 4) is 0 Å². The second-order valence-electron chi connectivity index (χ2n) is 4.03. The maximum absolute atomic E-state index is 3.43. The van der Waals surface area contributed by atoms with Gasteiger partial charge in [-0.1, -0.05) is 25.5 Å². The van der Waals surface area contributed by atoms with Crippen LogP contribution in [-0.2, 0) is 0 Å². The van der Waals surface area contributed by atoms with Crippen LogP contribution in [0.15, 0.2) is 23.1 Å². The van der Waals surface area contributed by atoms with Gasteiger partial charge in [-0.15, -0.1) is 11.3 Å². The summed E-state index contributed by atoms with van der Waals surface area (Å²) in [7, 11) is 0. The van der Waals surface area contributed by atoms with Gasteiger partial charge in [-0.2, -0.15) is 0 Å². The molecule has 0 saturated heterocycles. The molecule has 0 unspecified atom stereocenters. The molecule has 1 heterocycles. The van der Waals surface area contributed by atoms with Crippen LogP contribution in [0.3, 0.4) is 0 Å². The maximum Gasteiger partial charge on any atom is 0.0270 e. The van der Waals surface area contributed by atoms with Gasteiger partial charge in [0.2, 0.25) is 0 Å². The van der Waals surface area contributed by atoms with Gasteiger partial charge >= 0.3 is 0 Å². The van der Waals surface area contributed by atoms with E-state index >= 15 is 0 Å². The number of nitrogens with one attached hydrogen (secondary N) is 1. The summed E-state index contributed by atoms with van der Waals surface area (Å²) in [4.78, 5) is 1.34. The van der Waals surface area contributed by atoms with Crippen LogP contribution in [0.5, 0.6) is 0 Å². The zero-order valence-corrected chi connectivity index (χ0v) is 10.0. The van der Waals surface area contributed by atoms with Crippen molar-refractivity contribution in [1.29, 1.82) is 0 Å². The number of thiophene rings is 1. The Kier molecular flexibility index (Phi) is 4.91. The van der Waals surface area contributed by atoms with Crippen molar-refractivity contribution in [3.05, 3.63) is 28.0 Å². The number of hydrogen-bond donors (Lipinski definition) is 1. The molecule has 0 radical (unpaired) electrons. The van der Waals surface area contributed by atoms with Crippen LogP contribution in [0.2, 0.25) is 0 Å². The molecule has 0 aliphatic rings. The zero-order valence-electron chi connectivity index (χ0n) is 9.21. The lowest BCUT2D eigenvalue weighted by Gasteiger charge is -2.06. The van der Waals surface area contributed by atoms with Gasteiger partial charge in [0.1, 0.15) is 0 Å². The molecule has 1 N–H and O–H groups in total. The molecule has 0 spiro atoms. The molecule has 0 saturated carbocycles. The van der Waals surface area contributed by atoms with E-state index in [1.54, 1.807) is 11.3 Å². The van der Waals surface area contributed by atoms with Gasteiger partial charge < -0.3 is 5.32 Å². The third-order valence-electron chi connectivity index (χ3n) is 1.89. The molecule has 0 amide bonds. The van der Waals surface area contributed by atoms with E-state index in [0.29, 0.717) is 0 Å². The van der Waals surface area contributed by atoms with E-state index in [9.17, 15) is 0 Å². The zero-order chi connectivity index (χ0) is 10.4. The molecule has 1 nitrogen and oxygen atoms in total. The molecule has 1 aromatic heterocycles. The van der Waals surface area contributed by atoms with Crippen LogP contribution >= 0.6 is 11.3 Å². The van der Waals surface area contributed by atoms with Crippen molar-refractivity contribution < 1.29 is 0 Å². The summed E-state index contributed by atoms with van der Waals surface area (Å²) in [6.45, 7) is 8.72. The molecular weight excluding hydrogens is 190 g/mol. The summed E-state index contributed by atoms with van der Waals surface area (Å²) in [5, 5.41) is 5.55. The van der Waals surface area contributed by atoms with Crippen molar-refractivity contribution in [2.24, 2.45) is 5.92 Å². The SMILES string of the molecule is CC(=Cc1cccs1)CNCC(C)C. The van der Waals surface area contributed by atoms with Gasteiger partial charge in [-0.25, -0.2) is 0 Å². The van der Waals surface area contributed by atoms with Crippen LogP contribution in [0.25, 0.3) is 6.08 Å². The molecule has 2 heteroatoms. The Balaban J connectivity index is 2.31. The fourth-order valence-electron chi connectivity index (χ4n) is 1.23. The van der Waals surface area contributed by atoms with Crippen molar-refractivity contribution in [2.75, 3.05) is 13.1 Å². The maximum atomic E-state index is 3.43. The predicted molar refractivity (Wildman–Crippen MR) is 65.7 cm³/mol. The first kappa shape index (κ1) is 11.5. The van der Waals surface area contributed by atoms with E-state index in [1.807, 2.05) is 0 Å². The fraction of sp³-hybridized carbons (Fsp3) is 0.500. The summed E-state index contributed by atoms with van der Waals surface area (Å²) in [5.74, 6) is 0.726. The van der Waals surface area contributed by atoms with E-state index in [1.165, 1.54) is 10.5 Å². The molecular formula is C12H19NS. The minimum Gasteiger partial charge on any atom is -0.313 e. The predicted octanol–water partition coefficient (Wildman–Crippen LogP) is 3.40. The van der Waals surface area contributed by atoms with E-state index in [4.69, 9.17) is 0 Å². The van der Waals surface area contributed by atoms with Crippen molar-refractivity contribution in [1.82, 2.24) is 5.32 Å². The monoisotopic (exact) mass is 209 g/mol. The second kappa shape index (κ2) is 5.99. The summed E-state index contributed by atoms with van der Waals surface area (Å²) in [6, 6.07) is 4.24. The average Bonchev–Trinajstić information content (AvgIpc) is 2.56. The van der Waals surface area contributed by atoms with Gasteiger partial charge in [-0.05, 0) is 36.9 Å². The van der Waals surface area contributed by atoms with Crippen LogP contribution < -0.4 is 5.32 Å². The lowest BCUT2D eigenvalue weighted by Crippen LogP contribution is -2.21. The first-order chi connectivity index (χ1) is 6.68. The lowest BCUT2D eigenvalue weighted by molar-refractivity contribution is 0.572. The average molecular weight is 209 g/mol. The van der Waals surface area contributed by atoms with Gasteiger partial charge in [-0.3, -0.25) is 0 Å². The van der Waals surface area contributed by atoms with E-state index in [0.717, 1.165) is 19.0 Å². The normalized spacial score (nSPS) is 12.4. The van der Waals surface area contributed by atoms with Gasteiger partial charge in [0, 0.05) is 11.4 Å². The molecule has 0 aliphatic carbocycles. The van der Waals surface area contributed by atoms with E-state index in [2.05, 4.69) is 49.7 Å². The summed E-state index contributed by atoms with van der Waals surface area (Å²) >= 11 is 1.79. The molecule has 78 valence electrons. The highest BCUT2D eigenvalue weighted by Gasteiger charge is 1.94. The Morgan fingerprint density at radius 1 is 1.57 bits per heavy atom. The summed E-state index contributed by atoms with van der Waals surface area (Å²) in [6.07, 6.45) is 2.25. The van der Waals surface area contributed by atoms with Crippen LogP contribution in [0.1, 0.15) is 25.6 Å². The highest BCUT2D eigenvalue weighted by molar-refractivity contribution is 7.10. The van der Waals surface area contributed by atoms with Gasteiger partial charge in [0.05, 0.1) is 0 Å². The molecule has 1 aromatic rings. The minimum absolute atomic E-state index is 0.726. The summed E-state index contributed by atoms with van der Waals surface area (Å²) < 4.78 is 0. The first-order valence-corrected chi connectivity index (χ1v) is 5.98. The van der Waals surface area contributed by atoms with Crippen LogP contribution in [0, 0.1) is 5.92 Å². The molecule has 0 aliphatic heterocycles. The van der Waals surface area contributed by atoms with Crippen LogP contribution in [-0.4, -0.2) is 13.1 Å². The first-order valence-electron chi connectivity index (χ1n) is 5.10. The fourth-order valence-corrected chi connectivity index (χ4v) is 1.97. The molecule has 0 bridgehead atoms. The van der Waals surface area contributed by atoms with Crippen molar-refractivity contribution in [3.63, 3.8) is 0 Å². The standard InChI is InChI=1S/C12H19NS/c1-10(2)8-13-9-11(3)7-12-5-4-6-14-12/h4-7,10,13H,8-9H2,1-3H3. The Hall–Kier alpha value is -0.600. The van der Waals surface area contributed by atoms with Crippen molar-refractivity contribution >= 4 is 17.4 Å². The smallest absolute Gasteiger partial charge is 0.0270 e. The lowest BCUT2D eigenvalue weighted by atomic mass is 10.2.